The number of nitrogens with zero attached hydrogens (tertiary/aromatic N) is 1. The molecule has 2 N–H and O–H groups in total. The van der Waals surface area contributed by atoms with Gasteiger partial charge in [-0.3, -0.25) is 14.5 Å². The third-order valence-corrected chi connectivity index (χ3v) is 4.36. The fourth-order valence-electron chi connectivity index (χ4n) is 2.79. The molecule has 0 radical (unpaired) electrons. The molecule has 0 aromatic heterocycles. The topological polar surface area (TPSA) is 61.4 Å². The van der Waals surface area contributed by atoms with Crippen molar-refractivity contribution in [1.29, 1.82) is 0 Å². The highest BCUT2D eigenvalue weighted by atomic mass is 16.2. The predicted octanol–water partition coefficient (Wildman–Crippen LogP) is 4.23. The van der Waals surface area contributed by atoms with E-state index < -0.39 is 0 Å². The van der Waals surface area contributed by atoms with Crippen LogP contribution < -0.4 is 10.6 Å². The van der Waals surface area contributed by atoms with Gasteiger partial charge in [0.2, 0.25) is 11.8 Å². The van der Waals surface area contributed by atoms with Gasteiger partial charge in [-0.1, -0.05) is 45.0 Å². The third-order valence-electron chi connectivity index (χ3n) is 4.36. The summed E-state index contributed by atoms with van der Waals surface area (Å²) in [4.78, 5) is 25.5. The van der Waals surface area contributed by atoms with Gasteiger partial charge in [-0.2, -0.15) is 0 Å². The van der Waals surface area contributed by atoms with Crippen molar-refractivity contribution in [3.63, 3.8) is 0 Å². The summed E-state index contributed by atoms with van der Waals surface area (Å²) in [7, 11) is 0. The molecule has 0 heterocycles. The molecular formula is C22H29N3O2. The SMILES string of the molecule is CCN(CC(=O)Nc1ccc(NC(C)=O)cc1)Cc1ccc(C(C)C)cc1. The second-order valence-electron chi connectivity index (χ2n) is 7.01. The van der Waals surface area contributed by atoms with E-state index in [1.54, 1.807) is 24.3 Å². The molecular weight excluding hydrogens is 338 g/mol. The molecule has 0 fully saturated rings. The first-order valence-electron chi connectivity index (χ1n) is 9.36. The fraction of sp³-hybridized carbons (Fsp3) is 0.364. The Hall–Kier alpha value is -2.66. The highest BCUT2D eigenvalue weighted by Crippen LogP contribution is 2.16. The lowest BCUT2D eigenvalue weighted by Crippen LogP contribution is -2.32. The number of amides is 2. The molecule has 0 atom stereocenters. The van der Waals surface area contributed by atoms with E-state index in [0.29, 0.717) is 23.8 Å². The average Bonchev–Trinajstić information content (AvgIpc) is 2.62. The van der Waals surface area contributed by atoms with E-state index in [1.165, 1.54) is 18.1 Å². The maximum Gasteiger partial charge on any atom is 0.238 e. The summed E-state index contributed by atoms with van der Waals surface area (Å²) < 4.78 is 0. The van der Waals surface area contributed by atoms with Crippen LogP contribution in [0, 0.1) is 0 Å². The van der Waals surface area contributed by atoms with Crippen LogP contribution in [0.2, 0.25) is 0 Å². The molecule has 2 aromatic carbocycles. The van der Waals surface area contributed by atoms with Crippen LogP contribution in [0.25, 0.3) is 0 Å². The number of nitrogens with one attached hydrogen (secondary N) is 2. The van der Waals surface area contributed by atoms with Crippen LogP contribution in [0.4, 0.5) is 11.4 Å². The Morgan fingerprint density at radius 2 is 1.48 bits per heavy atom. The van der Waals surface area contributed by atoms with Crippen molar-refractivity contribution in [3.05, 3.63) is 59.7 Å². The number of hydrogen-bond acceptors (Lipinski definition) is 3. The van der Waals surface area contributed by atoms with Gasteiger partial charge in [0, 0.05) is 24.8 Å². The summed E-state index contributed by atoms with van der Waals surface area (Å²) >= 11 is 0. The number of rotatable bonds is 8. The maximum atomic E-state index is 12.4. The second-order valence-corrected chi connectivity index (χ2v) is 7.01. The molecule has 2 aromatic rings. The van der Waals surface area contributed by atoms with E-state index in [2.05, 4.69) is 60.6 Å². The number of likely N-dealkylation sites (N-methyl/N-ethyl adjacent to an activating group) is 1. The van der Waals surface area contributed by atoms with Crippen molar-refractivity contribution in [2.75, 3.05) is 23.7 Å². The van der Waals surface area contributed by atoms with Gasteiger partial charge in [0.1, 0.15) is 0 Å². The maximum absolute atomic E-state index is 12.4. The third kappa shape index (κ3) is 6.87. The van der Waals surface area contributed by atoms with Gasteiger partial charge in [0.15, 0.2) is 0 Å². The minimum Gasteiger partial charge on any atom is -0.326 e. The first-order valence-corrected chi connectivity index (χ1v) is 9.36. The van der Waals surface area contributed by atoms with Crippen molar-refractivity contribution < 1.29 is 9.59 Å². The summed E-state index contributed by atoms with van der Waals surface area (Å²) in [5.41, 5.74) is 3.95. The zero-order valence-electron chi connectivity index (χ0n) is 16.6. The molecule has 5 nitrogen and oxygen atoms in total. The minimum absolute atomic E-state index is 0.0528. The number of anilines is 2. The van der Waals surface area contributed by atoms with Crippen LogP contribution >= 0.6 is 0 Å². The van der Waals surface area contributed by atoms with Crippen molar-refractivity contribution in [1.82, 2.24) is 4.90 Å². The highest BCUT2D eigenvalue weighted by Gasteiger charge is 2.10. The van der Waals surface area contributed by atoms with Gasteiger partial charge in [0.25, 0.3) is 0 Å². The second kappa shape index (κ2) is 9.88. The molecule has 0 spiro atoms. The summed E-state index contributed by atoms with van der Waals surface area (Å²) in [6.45, 7) is 9.74. The van der Waals surface area contributed by atoms with Gasteiger partial charge in [-0.25, -0.2) is 0 Å². The molecule has 0 saturated carbocycles. The normalized spacial score (nSPS) is 10.9. The first-order chi connectivity index (χ1) is 12.9. The number of benzene rings is 2. The minimum atomic E-state index is -0.119. The van der Waals surface area contributed by atoms with Crippen LogP contribution in [-0.4, -0.2) is 29.8 Å². The van der Waals surface area contributed by atoms with Crippen molar-refractivity contribution >= 4 is 23.2 Å². The number of carbonyl (C=O) groups excluding carboxylic acids is 2. The Morgan fingerprint density at radius 3 is 1.96 bits per heavy atom. The Kier molecular flexibility index (Phi) is 7.55. The Balaban J connectivity index is 1.89. The Labute approximate surface area is 161 Å². The number of hydrogen-bond donors (Lipinski definition) is 2. The summed E-state index contributed by atoms with van der Waals surface area (Å²) in [6.07, 6.45) is 0. The Morgan fingerprint density at radius 1 is 0.926 bits per heavy atom. The molecule has 0 unspecified atom stereocenters. The van der Waals surface area contributed by atoms with Crippen LogP contribution in [0.1, 0.15) is 44.7 Å². The van der Waals surface area contributed by atoms with E-state index in [1.807, 2.05) is 0 Å². The van der Waals surface area contributed by atoms with E-state index in [9.17, 15) is 9.59 Å². The molecule has 0 aliphatic carbocycles. The zero-order valence-corrected chi connectivity index (χ0v) is 16.6. The zero-order chi connectivity index (χ0) is 19.8. The van der Waals surface area contributed by atoms with E-state index >= 15 is 0 Å². The van der Waals surface area contributed by atoms with E-state index in [0.717, 1.165) is 13.1 Å². The first kappa shape index (κ1) is 20.6. The molecule has 5 heteroatoms. The smallest absolute Gasteiger partial charge is 0.238 e. The standard InChI is InChI=1S/C22H29N3O2/c1-5-25(14-18-6-8-19(9-7-18)16(2)3)15-22(27)24-21-12-10-20(11-13-21)23-17(4)26/h6-13,16H,5,14-15H2,1-4H3,(H,23,26)(H,24,27). The monoisotopic (exact) mass is 367 g/mol. The van der Waals surface area contributed by atoms with Gasteiger partial charge in [-0.05, 0) is 47.9 Å². The molecule has 2 rings (SSSR count). The predicted molar refractivity (Wildman–Crippen MR) is 111 cm³/mol. The molecule has 0 bridgehead atoms. The van der Waals surface area contributed by atoms with Crippen molar-refractivity contribution in [3.8, 4) is 0 Å². The van der Waals surface area contributed by atoms with Crippen molar-refractivity contribution in [2.45, 2.75) is 40.2 Å². The molecule has 2 amide bonds. The molecule has 0 saturated heterocycles. The van der Waals surface area contributed by atoms with Crippen LogP contribution in [0.3, 0.4) is 0 Å². The summed E-state index contributed by atoms with van der Waals surface area (Å²) in [5, 5.41) is 5.61. The molecule has 27 heavy (non-hydrogen) atoms. The van der Waals surface area contributed by atoms with Crippen LogP contribution in [0.5, 0.6) is 0 Å². The highest BCUT2D eigenvalue weighted by molar-refractivity contribution is 5.93. The van der Waals surface area contributed by atoms with E-state index in [4.69, 9.17) is 0 Å². The Bertz CT molecular complexity index is 752. The quantitative estimate of drug-likeness (QED) is 0.734. The van der Waals surface area contributed by atoms with Gasteiger partial charge in [-0.15, -0.1) is 0 Å². The molecule has 0 aliphatic heterocycles. The lowest BCUT2D eigenvalue weighted by molar-refractivity contribution is -0.117. The van der Waals surface area contributed by atoms with Gasteiger partial charge in [0.05, 0.1) is 6.54 Å². The van der Waals surface area contributed by atoms with Crippen molar-refractivity contribution in [2.24, 2.45) is 0 Å². The molecule has 0 aliphatic rings. The largest absolute Gasteiger partial charge is 0.326 e. The summed E-state index contributed by atoms with van der Waals surface area (Å²) in [6, 6.07) is 15.7. The van der Waals surface area contributed by atoms with Crippen LogP contribution in [0.15, 0.2) is 48.5 Å². The van der Waals surface area contributed by atoms with E-state index in [-0.39, 0.29) is 11.8 Å². The fourth-order valence-corrected chi connectivity index (χ4v) is 2.79. The van der Waals surface area contributed by atoms with Gasteiger partial charge >= 0.3 is 0 Å². The lowest BCUT2D eigenvalue weighted by Gasteiger charge is -2.20. The molecule has 144 valence electrons. The lowest BCUT2D eigenvalue weighted by atomic mass is 10.0. The van der Waals surface area contributed by atoms with Crippen LogP contribution in [-0.2, 0) is 16.1 Å². The van der Waals surface area contributed by atoms with Gasteiger partial charge < -0.3 is 10.6 Å². The number of carbonyl (C=O) groups is 2. The average molecular weight is 367 g/mol. The summed E-state index contributed by atoms with van der Waals surface area (Å²) in [5.74, 6) is 0.346.